The molecule has 0 aromatic carbocycles. The number of carbonyl (C=O) groups is 5. The van der Waals surface area contributed by atoms with E-state index >= 15 is 0 Å². The first-order valence-electron chi connectivity index (χ1n) is 29.4. The van der Waals surface area contributed by atoms with E-state index in [2.05, 4.69) is 33.0 Å². The molecule has 2 heterocycles. The molecule has 1 aliphatic rings. The van der Waals surface area contributed by atoms with E-state index in [0.717, 1.165) is 74.6 Å². The number of ether oxygens (including phenoxy) is 3. The molecule has 1 aromatic heterocycles. The van der Waals surface area contributed by atoms with Crippen LogP contribution in [0.4, 0.5) is 5.00 Å². The predicted molar refractivity (Wildman–Crippen MR) is 294 cm³/mol. The van der Waals surface area contributed by atoms with Crippen molar-refractivity contribution in [2.75, 3.05) is 45.7 Å². The third kappa shape index (κ3) is 30.7. The largest absolute Gasteiger partial charge is 0.465 e. The first-order valence-corrected chi connectivity index (χ1v) is 30.3. The van der Waals surface area contributed by atoms with Crippen LogP contribution in [0.1, 0.15) is 280 Å². The van der Waals surface area contributed by atoms with E-state index in [9.17, 15) is 24.0 Å². The number of rotatable bonds is 46. The van der Waals surface area contributed by atoms with E-state index in [1.54, 1.807) is 0 Å². The summed E-state index contributed by atoms with van der Waals surface area (Å²) in [5.41, 5.74) is 1.24. The average molecular weight is 1020 g/mol. The Kier molecular flexibility index (Phi) is 38.3. The fraction of sp³-hybridized carbons (Fsp3) is 0.847. The Morgan fingerprint density at radius 2 is 1.07 bits per heavy atom. The summed E-state index contributed by atoms with van der Waals surface area (Å²) in [6, 6.07) is 0. The first-order chi connectivity index (χ1) is 34.5. The van der Waals surface area contributed by atoms with Crippen molar-refractivity contribution in [2.45, 2.75) is 278 Å². The number of likely N-dealkylation sites (N-methyl/N-ethyl adjacent to an activating group) is 1. The molecule has 410 valence electrons. The summed E-state index contributed by atoms with van der Waals surface area (Å²) in [7, 11) is 3.84. The van der Waals surface area contributed by atoms with Crippen LogP contribution in [0.5, 0.6) is 0 Å². The van der Waals surface area contributed by atoms with Crippen LogP contribution in [0.15, 0.2) is 0 Å². The van der Waals surface area contributed by atoms with Gasteiger partial charge >= 0.3 is 17.9 Å². The molecular weight excluding hydrogens is 911 g/mol. The minimum absolute atomic E-state index is 0.0104. The minimum atomic E-state index is -0.463. The van der Waals surface area contributed by atoms with Gasteiger partial charge in [-0.15, -0.1) is 11.3 Å². The molecule has 1 N–H and O–H groups in total. The van der Waals surface area contributed by atoms with Crippen molar-refractivity contribution in [3.63, 3.8) is 0 Å². The number of fused-ring (bicyclic) bond motifs is 1. The van der Waals surface area contributed by atoms with Gasteiger partial charge in [-0.1, -0.05) is 169 Å². The van der Waals surface area contributed by atoms with Crippen molar-refractivity contribution in [2.24, 2.45) is 5.92 Å². The molecule has 0 unspecified atom stereocenters. The van der Waals surface area contributed by atoms with Gasteiger partial charge in [0.05, 0.1) is 24.6 Å². The standard InChI is InChI=1S/C59H105N3O8S/c1-7-11-15-19-23-28-36-49(37-29-24-20-16-12-8-2)58(66)68-46-35-27-32-41-54(64)62-44-43-51-52(48-62)71-57(56(51)59(67)69-47-45-61(5)6)60-53(63)40-33-34-42-55(65)70-50(38-30-25-21-17-13-9-3)39-31-26-22-18-14-10-4/h49-50H,7-48H2,1-6H3,(H,60,63). The van der Waals surface area contributed by atoms with Crippen LogP contribution in [0.3, 0.4) is 0 Å². The Morgan fingerprint density at radius 3 is 1.62 bits per heavy atom. The molecule has 0 fully saturated rings. The van der Waals surface area contributed by atoms with E-state index in [-0.39, 0.29) is 55.2 Å². The zero-order valence-corrected chi connectivity index (χ0v) is 47.2. The third-order valence-corrected chi connectivity index (χ3v) is 15.3. The van der Waals surface area contributed by atoms with Gasteiger partial charge in [-0.2, -0.15) is 0 Å². The van der Waals surface area contributed by atoms with E-state index in [4.69, 9.17) is 14.2 Å². The maximum Gasteiger partial charge on any atom is 0.341 e. The summed E-state index contributed by atoms with van der Waals surface area (Å²) in [5, 5.41) is 3.48. The number of unbranched alkanes of at least 4 members (excludes halogenated alkanes) is 23. The lowest BCUT2D eigenvalue weighted by molar-refractivity contribution is -0.150. The number of carbonyl (C=O) groups excluding carboxylic acids is 5. The molecule has 1 aromatic rings. The molecule has 0 radical (unpaired) electrons. The Morgan fingerprint density at radius 1 is 0.577 bits per heavy atom. The molecule has 0 saturated carbocycles. The number of amides is 2. The van der Waals surface area contributed by atoms with Crippen LogP contribution in [0.25, 0.3) is 0 Å². The Labute approximate surface area is 437 Å². The second-order valence-electron chi connectivity index (χ2n) is 21.0. The maximum atomic E-state index is 13.6. The lowest BCUT2D eigenvalue weighted by Gasteiger charge is -2.27. The fourth-order valence-corrected chi connectivity index (χ4v) is 10.9. The normalized spacial score (nSPS) is 12.5. The fourth-order valence-electron chi connectivity index (χ4n) is 9.60. The van der Waals surface area contributed by atoms with Gasteiger partial charge in [-0.25, -0.2) is 4.79 Å². The molecule has 11 nitrogen and oxygen atoms in total. The molecule has 0 aliphatic carbocycles. The molecule has 0 saturated heterocycles. The summed E-state index contributed by atoms with van der Waals surface area (Å²) >= 11 is 1.35. The van der Waals surface area contributed by atoms with Crippen LogP contribution in [-0.2, 0) is 46.4 Å². The highest BCUT2D eigenvalue weighted by Crippen LogP contribution is 2.38. The molecule has 2 amide bonds. The second-order valence-corrected chi connectivity index (χ2v) is 22.1. The van der Waals surface area contributed by atoms with Crippen LogP contribution in [-0.4, -0.2) is 86.0 Å². The second kappa shape index (κ2) is 42.4. The summed E-state index contributed by atoms with van der Waals surface area (Å²) in [6.07, 6.45) is 37.6. The highest BCUT2D eigenvalue weighted by atomic mass is 32.1. The van der Waals surface area contributed by atoms with Gasteiger partial charge in [0.15, 0.2) is 0 Å². The first kappa shape index (κ1) is 64.1. The van der Waals surface area contributed by atoms with Crippen LogP contribution in [0, 0.1) is 5.92 Å². The van der Waals surface area contributed by atoms with Crippen molar-refractivity contribution in [1.82, 2.24) is 9.80 Å². The summed E-state index contributed by atoms with van der Waals surface area (Å²) in [6.45, 7) is 11.0. The van der Waals surface area contributed by atoms with Gasteiger partial charge in [-0.3, -0.25) is 19.2 Å². The quantitative estimate of drug-likeness (QED) is 0.0385. The topological polar surface area (TPSA) is 132 Å². The number of esters is 3. The molecule has 1 aliphatic heterocycles. The van der Waals surface area contributed by atoms with Crippen molar-refractivity contribution in [3.8, 4) is 0 Å². The summed E-state index contributed by atoms with van der Waals surface area (Å²) in [5.74, 6) is -0.846. The summed E-state index contributed by atoms with van der Waals surface area (Å²) < 4.78 is 17.6. The van der Waals surface area contributed by atoms with Gasteiger partial charge in [-0.05, 0) is 96.7 Å². The Hall–Kier alpha value is -2.99. The Bertz CT molecular complexity index is 1530. The molecular formula is C59H105N3O8S. The van der Waals surface area contributed by atoms with E-state index in [1.165, 1.54) is 140 Å². The van der Waals surface area contributed by atoms with Crippen LogP contribution < -0.4 is 5.32 Å². The SMILES string of the molecule is CCCCCCCCC(CCCCCCCC)OC(=O)CCCCC(=O)Nc1sc2c(c1C(=O)OCCN(C)C)CCN(C(=O)CCCCCOC(=O)C(CCCCCCCC)CCCCCCCC)C2. The van der Waals surface area contributed by atoms with Gasteiger partial charge in [0.1, 0.15) is 17.7 Å². The van der Waals surface area contributed by atoms with Gasteiger partial charge in [0.25, 0.3) is 0 Å². The third-order valence-electron chi connectivity index (χ3n) is 14.2. The number of hydrogen-bond acceptors (Lipinski definition) is 10. The molecule has 12 heteroatoms. The molecule has 71 heavy (non-hydrogen) atoms. The van der Waals surface area contributed by atoms with Crippen molar-refractivity contribution in [3.05, 3.63) is 16.0 Å². The number of anilines is 1. The van der Waals surface area contributed by atoms with E-state index in [1.807, 2.05) is 23.9 Å². The zero-order chi connectivity index (χ0) is 51.7. The smallest absolute Gasteiger partial charge is 0.341 e. The number of hydrogen-bond donors (Lipinski definition) is 1. The minimum Gasteiger partial charge on any atom is -0.465 e. The van der Waals surface area contributed by atoms with Gasteiger partial charge < -0.3 is 29.3 Å². The monoisotopic (exact) mass is 1020 g/mol. The van der Waals surface area contributed by atoms with Gasteiger partial charge in [0, 0.05) is 37.2 Å². The average Bonchev–Trinajstić information content (AvgIpc) is 3.71. The molecule has 0 spiro atoms. The highest BCUT2D eigenvalue weighted by molar-refractivity contribution is 7.17. The van der Waals surface area contributed by atoms with Crippen LogP contribution >= 0.6 is 11.3 Å². The van der Waals surface area contributed by atoms with E-state index < -0.39 is 5.97 Å². The number of nitrogens with zero attached hydrogens (tertiary/aromatic N) is 2. The lowest BCUT2D eigenvalue weighted by Crippen LogP contribution is -2.35. The molecule has 0 atom stereocenters. The van der Waals surface area contributed by atoms with Crippen molar-refractivity contribution in [1.29, 1.82) is 0 Å². The van der Waals surface area contributed by atoms with E-state index in [0.29, 0.717) is 68.9 Å². The van der Waals surface area contributed by atoms with Gasteiger partial charge in [0.2, 0.25) is 11.8 Å². The molecule has 0 bridgehead atoms. The summed E-state index contributed by atoms with van der Waals surface area (Å²) in [4.78, 5) is 71.3. The maximum absolute atomic E-state index is 13.6. The highest BCUT2D eigenvalue weighted by Gasteiger charge is 2.31. The number of nitrogens with one attached hydrogen (secondary N) is 1. The zero-order valence-electron chi connectivity index (χ0n) is 46.4. The van der Waals surface area contributed by atoms with Crippen LogP contribution in [0.2, 0.25) is 0 Å². The lowest BCUT2D eigenvalue weighted by atomic mass is 9.94. The predicted octanol–water partition coefficient (Wildman–Crippen LogP) is 15.5. The van der Waals surface area contributed by atoms with Crippen molar-refractivity contribution >= 4 is 46.1 Å². The number of thiophene rings is 1. The Balaban J connectivity index is 1.90. The van der Waals surface area contributed by atoms with Crippen molar-refractivity contribution < 1.29 is 38.2 Å². The molecule has 2 rings (SSSR count).